The largest absolute Gasteiger partial charge is 0.507 e. The van der Waals surface area contributed by atoms with Gasteiger partial charge < -0.3 is 20.4 Å². The molecule has 8 nitrogen and oxygen atoms in total. The Bertz CT molecular complexity index is 1290. The normalized spacial score (nSPS) is 14.9. The molecule has 4 N–H and O–H groups in total. The first-order chi connectivity index (χ1) is 18.9. The fraction of sp³-hybridized carbons (Fsp3) is 0.529. The van der Waals surface area contributed by atoms with Crippen LogP contribution in [0.4, 0.5) is 0 Å². The minimum absolute atomic E-state index is 0.0441. The number of hydrogen-bond acceptors (Lipinski definition) is 6. The summed E-state index contributed by atoms with van der Waals surface area (Å²) in [6.07, 6.45) is 2.42. The van der Waals surface area contributed by atoms with Gasteiger partial charge in [0.05, 0.1) is 0 Å². The maximum Gasteiger partial charge on any atom is 0.331 e. The summed E-state index contributed by atoms with van der Waals surface area (Å²) in [6, 6.07) is 3.74. The van der Waals surface area contributed by atoms with Gasteiger partial charge in [0.15, 0.2) is 12.1 Å². The fourth-order valence-corrected chi connectivity index (χ4v) is 4.40. The van der Waals surface area contributed by atoms with Crippen LogP contribution in [0.1, 0.15) is 116 Å². The number of benzene rings is 2. The Hall–Kier alpha value is -3.68. The second kappa shape index (κ2) is 11.9. The highest BCUT2D eigenvalue weighted by atomic mass is 16.4. The van der Waals surface area contributed by atoms with Crippen molar-refractivity contribution in [1.29, 1.82) is 0 Å². The van der Waals surface area contributed by atoms with E-state index in [1.54, 1.807) is 12.1 Å². The third-order valence-electron chi connectivity index (χ3n) is 7.18. The number of carbonyl (C=O) groups is 2. The Morgan fingerprint density at radius 1 is 0.571 bits per heavy atom. The predicted octanol–water partition coefficient (Wildman–Crippen LogP) is 6.73. The Labute approximate surface area is 250 Å². The van der Waals surface area contributed by atoms with Gasteiger partial charge in [0.2, 0.25) is 0 Å². The van der Waals surface area contributed by atoms with Gasteiger partial charge in [0.1, 0.15) is 11.5 Å². The van der Waals surface area contributed by atoms with Crippen LogP contribution in [0.15, 0.2) is 34.3 Å². The molecule has 0 bridgehead atoms. The van der Waals surface area contributed by atoms with Crippen molar-refractivity contribution in [3.05, 3.63) is 57.6 Å². The summed E-state index contributed by atoms with van der Waals surface area (Å²) < 4.78 is 0. The van der Waals surface area contributed by atoms with E-state index in [-0.39, 0.29) is 33.5 Å². The number of aliphatic imine (C=N–C) groups is 2. The van der Waals surface area contributed by atoms with Crippen molar-refractivity contribution in [2.75, 3.05) is 0 Å². The van der Waals surface area contributed by atoms with E-state index in [9.17, 15) is 30.0 Å². The van der Waals surface area contributed by atoms with Crippen molar-refractivity contribution in [2.45, 2.75) is 117 Å². The van der Waals surface area contributed by atoms with Gasteiger partial charge in [0.25, 0.3) is 0 Å². The van der Waals surface area contributed by atoms with E-state index < -0.39 is 34.9 Å². The van der Waals surface area contributed by atoms with Gasteiger partial charge in [-0.15, -0.1) is 0 Å². The molecule has 2 aromatic carbocycles. The van der Waals surface area contributed by atoms with E-state index in [4.69, 9.17) is 0 Å². The first-order valence-electron chi connectivity index (χ1n) is 14.1. The highest BCUT2D eigenvalue weighted by Crippen LogP contribution is 2.38. The van der Waals surface area contributed by atoms with Gasteiger partial charge in [-0.25, -0.2) is 9.59 Å². The highest BCUT2D eigenvalue weighted by Gasteiger charge is 2.34. The minimum Gasteiger partial charge on any atom is -0.507 e. The SMILES string of the molecule is CC(C)(C)c1cc(C=N[C@H](C(=O)O)[C@H](N=Cc2cc(C(C)(C)C)cc(C(C)(C)C)c2O)C(=O)O)c(O)c(C(C)(C)C)c1. The van der Waals surface area contributed by atoms with Gasteiger partial charge in [-0.05, 0) is 44.9 Å². The Balaban J connectivity index is 2.68. The molecule has 0 radical (unpaired) electrons. The molecule has 0 unspecified atom stereocenters. The van der Waals surface area contributed by atoms with E-state index in [1.807, 2.05) is 95.2 Å². The molecule has 42 heavy (non-hydrogen) atoms. The number of aromatic hydroxyl groups is 2. The average molecular weight is 581 g/mol. The van der Waals surface area contributed by atoms with E-state index >= 15 is 0 Å². The van der Waals surface area contributed by atoms with Gasteiger partial charge in [-0.3, -0.25) is 9.98 Å². The first kappa shape index (κ1) is 34.5. The van der Waals surface area contributed by atoms with Crippen molar-refractivity contribution in [3.63, 3.8) is 0 Å². The number of carboxylic acid groups (broad SMARTS) is 2. The second-order valence-electron chi connectivity index (χ2n) is 15.0. The summed E-state index contributed by atoms with van der Waals surface area (Å²) in [7, 11) is 0. The molecule has 8 heteroatoms. The maximum absolute atomic E-state index is 12.3. The molecule has 0 spiro atoms. The zero-order valence-electron chi connectivity index (χ0n) is 27.1. The van der Waals surface area contributed by atoms with Gasteiger partial charge in [-0.2, -0.15) is 0 Å². The molecule has 2 atom stereocenters. The Morgan fingerprint density at radius 2 is 0.857 bits per heavy atom. The summed E-state index contributed by atoms with van der Waals surface area (Å²) in [4.78, 5) is 32.8. The van der Waals surface area contributed by atoms with Crippen molar-refractivity contribution in [2.24, 2.45) is 9.98 Å². The van der Waals surface area contributed by atoms with Crippen LogP contribution in [0.2, 0.25) is 0 Å². The second-order valence-corrected chi connectivity index (χ2v) is 15.0. The van der Waals surface area contributed by atoms with E-state index in [0.717, 1.165) is 11.1 Å². The lowest BCUT2D eigenvalue weighted by molar-refractivity contribution is -0.146. The van der Waals surface area contributed by atoms with E-state index in [0.29, 0.717) is 11.1 Å². The predicted molar refractivity (Wildman–Crippen MR) is 169 cm³/mol. The molecule has 0 saturated carbocycles. The third kappa shape index (κ3) is 8.20. The molecule has 0 heterocycles. The molecule has 0 aliphatic rings. The monoisotopic (exact) mass is 580 g/mol. The van der Waals surface area contributed by atoms with Crippen molar-refractivity contribution < 1.29 is 30.0 Å². The van der Waals surface area contributed by atoms with Crippen LogP contribution in [0.5, 0.6) is 11.5 Å². The molecular formula is C34H48N2O6. The van der Waals surface area contributed by atoms with Crippen LogP contribution >= 0.6 is 0 Å². The summed E-state index contributed by atoms with van der Waals surface area (Å²) in [5.74, 6) is -3.06. The first-order valence-corrected chi connectivity index (χ1v) is 14.1. The zero-order chi connectivity index (χ0) is 32.6. The zero-order valence-corrected chi connectivity index (χ0v) is 27.1. The van der Waals surface area contributed by atoms with Crippen LogP contribution in [0.3, 0.4) is 0 Å². The molecule has 0 amide bonds. The molecule has 230 valence electrons. The molecular weight excluding hydrogens is 532 g/mol. The minimum atomic E-state index is -1.79. The molecule has 2 rings (SSSR count). The molecule has 0 fully saturated rings. The number of aliphatic carboxylic acids is 2. The van der Waals surface area contributed by atoms with E-state index in [2.05, 4.69) is 9.98 Å². The summed E-state index contributed by atoms with van der Waals surface area (Å²) >= 11 is 0. The van der Waals surface area contributed by atoms with Crippen molar-refractivity contribution >= 4 is 24.4 Å². The summed E-state index contributed by atoms with van der Waals surface area (Å²) in [6.45, 7) is 23.9. The lowest BCUT2D eigenvalue weighted by atomic mass is 9.79. The Kier molecular flexibility index (Phi) is 9.78. The fourth-order valence-electron chi connectivity index (χ4n) is 4.40. The number of hydrogen-bond donors (Lipinski definition) is 4. The molecule has 0 aliphatic heterocycles. The average Bonchev–Trinajstić information content (AvgIpc) is 2.79. The van der Waals surface area contributed by atoms with Crippen LogP contribution in [-0.2, 0) is 31.2 Å². The van der Waals surface area contributed by atoms with Crippen LogP contribution < -0.4 is 0 Å². The molecule has 0 aromatic heterocycles. The number of phenols is 2. The lowest BCUT2D eigenvalue weighted by Gasteiger charge is -2.27. The van der Waals surface area contributed by atoms with Crippen LogP contribution in [-0.4, -0.2) is 56.9 Å². The van der Waals surface area contributed by atoms with Gasteiger partial charge in [0, 0.05) is 34.7 Å². The maximum atomic E-state index is 12.3. The standard InChI is InChI=1S/C34H48N2O6/c1-31(2,3)21-13-19(27(37)23(15-21)33(7,8)9)17-35-25(29(39)40)26(30(41)42)36-18-20-14-22(32(4,5)6)16-24(28(20)38)34(10,11)12/h13-18,25-26,37-38H,1-12H3,(H,39,40)(H,41,42)/t25-,26-/m0/s1. The third-order valence-corrected chi connectivity index (χ3v) is 7.18. The van der Waals surface area contributed by atoms with Gasteiger partial charge in [-0.1, -0.05) is 95.2 Å². The Morgan fingerprint density at radius 3 is 1.07 bits per heavy atom. The summed E-state index contributed by atoms with van der Waals surface area (Å²) in [5, 5.41) is 42.1. The topological polar surface area (TPSA) is 140 Å². The van der Waals surface area contributed by atoms with Crippen LogP contribution in [0, 0.1) is 0 Å². The van der Waals surface area contributed by atoms with Crippen molar-refractivity contribution in [1.82, 2.24) is 0 Å². The highest BCUT2D eigenvalue weighted by molar-refractivity contribution is 5.93. The lowest BCUT2D eigenvalue weighted by Crippen LogP contribution is -2.37. The van der Waals surface area contributed by atoms with Crippen LogP contribution in [0.25, 0.3) is 0 Å². The molecule has 0 aliphatic carbocycles. The number of rotatable bonds is 7. The van der Waals surface area contributed by atoms with Crippen molar-refractivity contribution in [3.8, 4) is 11.5 Å². The smallest absolute Gasteiger partial charge is 0.331 e. The quantitative estimate of drug-likeness (QED) is 0.268. The van der Waals surface area contributed by atoms with E-state index in [1.165, 1.54) is 12.4 Å². The summed E-state index contributed by atoms with van der Waals surface area (Å²) in [5.41, 5.74) is 2.37. The molecule has 0 saturated heterocycles. The van der Waals surface area contributed by atoms with Gasteiger partial charge >= 0.3 is 11.9 Å². The molecule has 2 aromatic rings. The number of phenolic OH excluding ortho intramolecular Hbond substituents is 2. The number of carboxylic acids is 2. The number of nitrogens with zero attached hydrogens (tertiary/aromatic N) is 2.